The average molecular weight is 284 g/mol. The normalized spacial score (nSPS) is 11.8. The molecule has 0 radical (unpaired) electrons. The Labute approximate surface area is 126 Å². The van der Waals surface area contributed by atoms with Crippen molar-refractivity contribution in [3.8, 4) is 0 Å². The van der Waals surface area contributed by atoms with Crippen LogP contribution in [0.1, 0.15) is 0 Å². The van der Waals surface area contributed by atoms with Gasteiger partial charge in [-0.1, -0.05) is 54.6 Å². The lowest BCUT2D eigenvalue weighted by Gasteiger charge is -2.01. The zero-order valence-corrected chi connectivity index (χ0v) is 12.2. The number of fused-ring (bicyclic) bond motifs is 6. The molecule has 0 saturated heterocycles. The van der Waals surface area contributed by atoms with Crippen LogP contribution in [0.2, 0.25) is 0 Å². The lowest BCUT2D eigenvalue weighted by Crippen LogP contribution is -1.75. The molecule has 0 N–H and O–H groups in total. The number of rotatable bonds is 0. The summed E-state index contributed by atoms with van der Waals surface area (Å²) < 4.78 is 2.75. The molecule has 0 atom stereocenters. The molecule has 5 aromatic rings. The predicted molar refractivity (Wildman–Crippen MR) is 94.3 cm³/mol. The second-order valence-corrected chi connectivity index (χ2v) is 6.54. The molecule has 0 bridgehead atoms. The first-order valence-corrected chi connectivity index (χ1v) is 7.94. The quantitative estimate of drug-likeness (QED) is 0.310. The summed E-state index contributed by atoms with van der Waals surface area (Å²) in [6.45, 7) is 0. The SMILES string of the molecule is c1ccc2cc3c(cc2c1)sc1ccc2ccccc2c13. The third kappa shape index (κ3) is 1.55. The molecular formula is C20H12S. The Morgan fingerprint density at radius 2 is 1.24 bits per heavy atom. The smallest absolute Gasteiger partial charge is 0.0362 e. The van der Waals surface area contributed by atoms with Gasteiger partial charge in [0.25, 0.3) is 0 Å². The van der Waals surface area contributed by atoms with Crippen LogP contribution in [0.5, 0.6) is 0 Å². The van der Waals surface area contributed by atoms with E-state index in [4.69, 9.17) is 0 Å². The highest BCUT2D eigenvalue weighted by atomic mass is 32.1. The molecule has 5 rings (SSSR count). The lowest BCUT2D eigenvalue weighted by atomic mass is 10.0. The van der Waals surface area contributed by atoms with E-state index in [-0.39, 0.29) is 0 Å². The van der Waals surface area contributed by atoms with Crippen molar-refractivity contribution in [2.75, 3.05) is 0 Å². The molecular weight excluding hydrogens is 272 g/mol. The van der Waals surface area contributed by atoms with Crippen LogP contribution in [0.25, 0.3) is 41.7 Å². The van der Waals surface area contributed by atoms with Gasteiger partial charge in [-0.25, -0.2) is 0 Å². The van der Waals surface area contributed by atoms with Crippen molar-refractivity contribution in [3.05, 3.63) is 72.8 Å². The zero-order valence-electron chi connectivity index (χ0n) is 11.3. The van der Waals surface area contributed by atoms with Crippen LogP contribution in [0.3, 0.4) is 0 Å². The summed E-state index contributed by atoms with van der Waals surface area (Å²) in [4.78, 5) is 0. The topological polar surface area (TPSA) is 0 Å². The van der Waals surface area contributed by atoms with Crippen LogP contribution in [-0.2, 0) is 0 Å². The first-order valence-electron chi connectivity index (χ1n) is 7.13. The maximum atomic E-state index is 2.34. The monoisotopic (exact) mass is 284 g/mol. The fourth-order valence-electron chi connectivity index (χ4n) is 3.23. The Kier molecular flexibility index (Phi) is 2.18. The minimum atomic E-state index is 1.32. The molecule has 1 heterocycles. The molecule has 0 amide bonds. The van der Waals surface area contributed by atoms with Crippen molar-refractivity contribution in [1.29, 1.82) is 0 Å². The largest absolute Gasteiger partial charge is 0.135 e. The molecule has 0 spiro atoms. The van der Waals surface area contributed by atoms with Crippen LogP contribution in [0.4, 0.5) is 0 Å². The minimum absolute atomic E-state index is 1.32. The third-order valence-corrected chi connectivity index (χ3v) is 5.35. The van der Waals surface area contributed by atoms with E-state index in [0.717, 1.165) is 0 Å². The summed E-state index contributed by atoms with van der Waals surface area (Å²) in [6.07, 6.45) is 0. The van der Waals surface area contributed by atoms with Crippen molar-refractivity contribution in [2.24, 2.45) is 0 Å². The van der Waals surface area contributed by atoms with Gasteiger partial charge >= 0.3 is 0 Å². The Morgan fingerprint density at radius 3 is 2.10 bits per heavy atom. The Morgan fingerprint density at radius 1 is 0.524 bits per heavy atom. The van der Waals surface area contributed by atoms with E-state index in [9.17, 15) is 0 Å². The molecule has 0 unspecified atom stereocenters. The molecule has 1 heteroatoms. The lowest BCUT2D eigenvalue weighted by molar-refractivity contribution is 1.81. The molecule has 1 aromatic heterocycles. The predicted octanol–water partition coefficient (Wildman–Crippen LogP) is 6.36. The second-order valence-electron chi connectivity index (χ2n) is 5.46. The molecule has 0 fully saturated rings. The van der Waals surface area contributed by atoms with Gasteiger partial charge in [0.2, 0.25) is 0 Å². The van der Waals surface area contributed by atoms with E-state index >= 15 is 0 Å². The van der Waals surface area contributed by atoms with Crippen LogP contribution < -0.4 is 0 Å². The highest BCUT2D eigenvalue weighted by Gasteiger charge is 2.09. The van der Waals surface area contributed by atoms with Crippen LogP contribution >= 0.6 is 11.3 Å². The third-order valence-electron chi connectivity index (χ3n) is 4.23. The Bertz CT molecular complexity index is 1130. The van der Waals surface area contributed by atoms with Gasteiger partial charge in [0.05, 0.1) is 0 Å². The average Bonchev–Trinajstić information content (AvgIpc) is 2.90. The van der Waals surface area contributed by atoms with Crippen molar-refractivity contribution >= 4 is 53.1 Å². The Balaban J connectivity index is 2.08. The molecule has 21 heavy (non-hydrogen) atoms. The van der Waals surface area contributed by atoms with Crippen LogP contribution in [-0.4, -0.2) is 0 Å². The minimum Gasteiger partial charge on any atom is -0.135 e. The van der Waals surface area contributed by atoms with Gasteiger partial charge < -0.3 is 0 Å². The summed E-state index contributed by atoms with van der Waals surface area (Å²) in [5.74, 6) is 0. The number of thiophene rings is 1. The fraction of sp³-hybridized carbons (Fsp3) is 0. The van der Waals surface area contributed by atoms with Crippen molar-refractivity contribution < 1.29 is 0 Å². The van der Waals surface area contributed by atoms with E-state index < -0.39 is 0 Å². The van der Waals surface area contributed by atoms with Gasteiger partial charge in [-0.05, 0) is 39.7 Å². The standard InChI is InChI=1S/C20H12S/c1-2-7-15-12-19-17(11-14(15)6-1)20-16-8-4-3-5-13(16)9-10-18(20)21-19/h1-12H. The summed E-state index contributed by atoms with van der Waals surface area (Å²) >= 11 is 1.89. The summed E-state index contributed by atoms with van der Waals surface area (Å²) in [6, 6.07) is 26.4. The van der Waals surface area contributed by atoms with Crippen LogP contribution in [0, 0.1) is 0 Å². The van der Waals surface area contributed by atoms with E-state index in [1.165, 1.54) is 41.7 Å². The van der Waals surface area contributed by atoms with E-state index in [1.807, 2.05) is 11.3 Å². The maximum absolute atomic E-state index is 2.34. The van der Waals surface area contributed by atoms with Crippen molar-refractivity contribution in [1.82, 2.24) is 0 Å². The van der Waals surface area contributed by atoms with E-state index in [1.54, 1.807) is 0 Å². The van der Waals surface area contributed by atoms with Gasteiger partial charge in [-0.2, -0.15) is 0 Å². The van der Waals surface area contributed by atoms with E-state index in [0.29, 0.717) is 0 Å². The van der Waals surface area contributed by atoms with Gasteiger partial charge in [0, 0.05) is 20.2 Å². The first kappa shape index (κ1) is 11.3. The molecule has 0 nitrogen and oxygen atoms in total. The molecule has 0 aliphatic carbocycles. The molecule has 4 aromatic carbocycles. The van der Waals surface area contributed by atoms with Gasteiger partial charge in [0.15, 0.2) is 0 Å². The van der Waals surface area contributed by atoms with E-state index in [2.05, 4.69) is 72.8 Å². The van der Waals surface area contributed by atoms with Gasteiger partial charge in [0.1, 0.15) is 0 Å². The molecule has 0 saturated carbocycles. The second kappa shape index (κ2) is 4.06. The number of hydrogen-bond donors (Lipinski definition) is 0. The van der Waals surface area contributed by atoms with Crippen LogP contribution in [0.15, 0.2) is 72.8 Å². The zero-order chi connectivity index (χ0) is 13.8. The van der Waals surface area contributed by atoms with Gasteiger partial charge in [-0.15, -0.1) is 11.3 Å². The van der Waals surface area contributed by atoms with Crippen molar-refractivity contribution in [3.63, 3.8) is 0 Å². The highest BCUT2D eigenvalue weighted by molar-refractivity contribution is 7.26. The fourth-order valence-corrected chi connectivity index (χ4v) is 4.38. The summed E-state index contributed by atoms with van der Waals surface area (Å²) in [5, 5.41) is 8.09. The highest BCUT2D eigenvalue weighted by Crippen LogP contribution is 2.39. The molecule has 0 aliphatic rings. The number of hydrogen-bond acceptors (Lipinski definition) is 1. The number of benzene rings is 4. The summed E-state index contributed by atoms with van der Waals surface area (Å²) in [5.41, 5.74) is 0. The first-order chi connectivity index (χ1) is 10.4. The molecule has 98 valence electrons. The maximum Gasteiger partial charge on any atom is 0.0362 e. The summed E-state index contributed by atoms with van der Waals surface area (Å²) in [7, 11) is 0. The Hall–Kier alpha value is -2.38. The molecule has 0 aliphatic heterocycles. The van der Waals surface area contributed by atoms with Gasteiger partial charge in [-0.3, -0.25) is 0 Å². The van der Waals surface area contributed by atoms with Crippen molar-refractivity contribution in [2.45, 2.75) is 0 Å².